The molecular weight excluding hydrogens is 198 g/mol. The number of aromatic nitrogens is 2. The Morgan fingerprint density at radius 1 is 1.12 bits per heavy atom. The molecule has 0 spiro atoms. The van der Waals surface area contributed by atoms with E-state index >= 15 is 0 Å². The molecule has 1 aromatic carbocycles. The van der Waals surface area contributed by atoms with Crippen LogP contribution in [0.25, 0.3) is 0 Å². The Hall–Kier alpha value is -1.74. The minimum absolute atomic E-state index is 0.335. The van der Waals surface area contributed by atoms with E-state index in [1.807, 2.05) is 18.5 Å². The molecule has 0 amide bonds. The highest BCUT2D eigenvalue weighted by atomic mass is 14.9. The zero-order chi connectivity index (χ0) is 11.2. The van der Waals surface area contributed by atoms with Crippen LogP contribution < -0.4 is 5.32 Å². The van der Waals surface area contributed by atoms with Gasteiger partial charge in [0.2, 0.25) is 0 Å². The second-order valence-electron chi connectivity index (χ2n) is 3.76. The molecule has 16 heavy (non-hydrogen) atoms. The van der Waals surface area contributed by atoms with E-state index in [1.165, 1.54) is 5.56 Å². The van der Waals surface area contributed by atoms with Gasteiger partial charge in [-0.1, -0.05) is 30.3 Å². The molecule has 1 atom stereocenters. The summed E-state index contributed by atoms with van der Waals surface area (Å²) in [5, 5.41) is 3.44. The van der Waals surface area contributed by atoms with Crippen LogP contribution in [0.2, 0.25) is 0 Å². The quantitative estimate of drug-likeness (QED) is 0.847. The van der Waals surface area contributed by atoms with Gasteiger partial charge in [-0.25, -0.2) is 9.97 Å². The first-order valence-corrected chi connectivity index (χ1v) is 5.38. The zero-order valence-corrected chi connectivity index (χ0v) is 9.30. The van der Waals surface area contributed by atoms with Crippen LogP contribution >= 0.6 is 0 Å². The van der Waals surface area contributed by atoms with E-state index in [0.29, 0.717) is 6.04 Å². The van der Waals surface area contributed by atoms with E-state index in [0.717, 1.165) is 12.1 Å². The van der Waals surface area contributed by atoms with Crippen molar-refractivity contribution in [1.82, 2.24) is 15.3 Å². The Morgan fingerprint density at radius 2 is 1.81 bits per heavy atom. The summed E-state index contributed by atoms with van der Waals surface area (Å²) in [6.07, 6.45) is 5.21. The largest absolute Gasteiger partial charge is 0.306 e. The molecule has 2 aromatic rings. The smallest absolute Gasteiger partial charge is 0.115 e. The van der Waals surface area contributed by atoms with Crippen molar-refractivity contribution in [2.24, 2.45) is 0 Å². The Balaban J connectivity index is 1.92. The lowest BCUT2D eigenvalue weighted by Crippen LogP contribution is -2.18. The van der Waals surface area contributed by atoms with Gasteiger partial charge in [0.25, 0.3) is 0 Å². The van der Waals surface area contributed by atoms with Crippen molar-refractivity contribution in [3.63, 3.8) is 0 Å². The molecule has 0 fully saturated rings. The Labute approximate surface area is 95.6 Å². The van der Waals surface area contributed by atoms with Crippen LogP contribution in [0.1, 0.15) is 24.1 Å². The lowest BCUT2D eigenvalue weighted by molar-refractivity contribution is 0.573. The molecule has 0 radical (unpaired) electrons. The van der Waals surface area contributed by atoms with Gasteiger partial charge in [-0.2, -0.15) is 0 Å². The summed E-state index contributed by atoms with van der Waals surface area (Å²) in [6, 6.07) is 10.7. The third-order valence-corrected chi connectivity index (χ3v) is 2.53. The predicted molar refractivity (Wildman–Crippen MR) is 63.7 cm³/mol. The van der Waals surface area contributed by atoms with Crippen molar-refractivity contribution >= 4 is 0 Å². The predicted octanol–water partition coefficient (Wildman–Crippen LogP) is 2.33. The van der Waals surface area contributed by atoms with Crippen LogP contribution in [0.4, 0.5) is 0 Å². The summed E-state index contributed by atoms with van der Waals surface area (Å²) in [7, 11) is 0. The number of hydrogen-bond donors (Lipinski definition) is 1. The first-order valence-electron chi connectivity index (χ1n) is 5.38. The average Bonchev–Trinajstić information content (AvgIpc) is 2.38. The van der Waals surface area contributed by atoms with Crippen LogP contribution in [0.15, 0.2) is 49.1 Å². The average molecular weight is 213 g/mol. The second kappa shape index (κ2) is 5.37. The summed E-state index contributed by atoms with van der Waals surface area (Å²) in [6.45, 7) is 2.94. The molecule has 1 N–H and O–H groups in total. The van der Waals surface area contributed by atoms with Crippen LogP contribution in [-0.2, 0) is 6.54 Å². The minimum Gasteiger partial charge on any atom is -0.306 e. The highest BCUT2D eigenvalue weighted by Gasteiger charge is 2.03. The summed E-state index contributed by atoms with van der Waals surface area (Å²) >= 11 is 0. The van der Waals surface area contributed by atoms with Crippen LogP contribution in [-0.4, -0.2) is 9.97 Å². The van der Waals surface area contributed by atoms with Crippen molar-refractivity contribution in [3.8, 4) is 0 Å². The topological polar surface area (TPSA) is 37.8 Å². The highest BCUT2D eigenvalue weighted by Crippen LogP contribution is 2.11. The molecule has 3 heteroatoms. The van der Waals surface area contributed by atoms with Crippen LogP contribution in [0, 0.1) is 0 Å². The molecule has 2 rings (SSSR count). The molecule has 0 saturated carbocycles. The third-order valence-electron chi connectivity index (χ3n) is 2.53. The first-order chi connectivity index (χ1) is 7.86. The maximum atomic E-state index is 3.98. The molecule has 0 saturated heterocycles. The van der Waals surface area contributed by atoms with E-state index in [-0.39, 0.29) is 0 Å². The van der Waals surface area contributed by atoms with E-state index in [1.54, 1.807) is 6.33 Å². The fourth-order valence-electron chi connectivity index (χ4n) is 1.55. The lowest BCUT2D eigenvalue weighted by Gasteiger charge is -2.13. The monoisotopic (exact) mass is 213 g/mol. The van der Waals surface area contributed by atoms with Gasteiger partial charge in [0, 0.05) is 30.5 Å². The van der Waals surface area contributed by atoms with Crippen LogP contribution in [0.3, 0.4) is 0 Å². The van der Waals surface area contributed by atoms with Gasteiger partial charge in [-0.05, 0) is 12.5 Å². The van der Waals surface area contributed by atoms with Crippen molar-refractivity contribution in [3.05, 3.63) is 60.2 Å². The number of benzene rings is 1. The van der Waals surface area contributed by atoms with Gasteiger partial charge in [-0.3, -0.25) is 0 Å². The second-order valence-corrected chi connectivity index (χ2v) is 3.76. The molecule has 0 aliphatic carbocycles. The Kier molecular flexibility index (Phi) is 3.62. The molecule has 1 heterocycles. The number of nitrogens with one attached hydrogen (secondary N) is 1. The summed E-state index contributed by atoms with van der Waals surface area (Å²) in [5.41, 5.74) is 2.39. The minimum atomic E-state index is 0.335. The van der Waals surface area contributed by atoms with E-state index in [4.69, 9.17) is 0 Å². The van der Waals surface area contributed by atoms with Gasteiger partial charge in [-0.15, -0.1) is 0 Å². The Morgan fingerprint density at radius 3 is 2.50 bits per heavy atom. The maximum Gasteiger partial charge on any atom is 0.115 e. The van der Waals surface area contributed by atoms with Crippen molar-refractivity contribution in [1.29, 1.82) is 0 Å². The fourth-order valence-corrected chi connectivity index (χ4v) is 1.55. The first kappa shape index (κ1) is 10.8. The number of nitrogens with zero attached hydrogens (tertiary/aromatic N) is 2. The molecule has 3 nitrogen and oxygen atoms in total. The highest BCUT2D eigenvalue weighted by molar-refractivity contribution is 5.18. The molecule has 1 aromatic heterocycles. The molecule has 1 unspecified atom stereocenters. The van der Waals surface area contributed by atoms with Gasteiger partial charge in [0.05, 0.1) is 0 Å². The molecule has 0 aliphatic rings. The van der Waals surface area contributed by atoms with Crippen molar-refractivity contribution in [2.45, 2.75) is 19.5 Å². The molecule has 0 bridgehead atoms. The standard InChI is InChI=1S/C13H15N3/c1-11(13-5-3-2-4-6-13)16-9-12-7-14-10-15-8-12/h2-8,10-11,16H,9H2,1H3. The van der Waals surface area contributed by atoms with Crippen LogP contribution in [0.5, 0.6) is 0 Å². The Bertz CT molecular complexity index is 414. The fraction of sp³-hybridized carbons (Fsp3) is 0.231. The number of rotatable bonds is 4. The molecule has 0 aliphatic heterocycles. The van der Waals surface area contributed by atoms with Gasteiger partial charge >= 0.3 is 0 Å². The van der Waals surface area contributed by atoms with Crippen molar-refractivity contribution in [2.75, 3.05) is 0 Å². The third kappa shape index (κ3) is 2.87. The van der Waals surface area contributed by atoms with Crippen molar-refractivity contribution < 1.29 is 0 Å². The zero-order valence-electron chi connectivity index (χ0n) is 9.30. The van der Waals surface area contributed by atoms with E-state index < -0.39 is 0 Å². The van der Waals surface area contributed by atoms with Gasteiger partial charge < -0.3 is 5.32 Å². The summed E-state index contributed by atoms with van der Waals surface area (Å²) in [4.78, 5) is 7.97. The van der Waals surface area contributed by atoms with Gasteiger partial charge in [0.1, 0.15) is 6.33 Å². The summed E-state index contributed by atoms with van der Waals surface area (Å²) < 4.78 is 0. The van der Waals surface area contributed by atoms with E-state index in [9.17, 15) is 0 Å². The van der Waals surface area contributed by atoms with E-state index in [2.05, 4.69) is 46.5 Å². The SMILES string of the molecule is CC(NCc1cncnc1)c1ccccc1. The van der Waals surface area contributed by atoms with Gasteiger partial charge in [0.15, 0.2) is 0 Å². The maximum absolute atomic E-state index is 3.98. The number of hydrogen-bond acceptors (Lipinski definition) is 3. The molecule has 82 valence electrons. The lowest BCUT2D eigenvalue weighted by atomic mass is 10.1. The summed E-state index contributed by atoms with van der Waals surface area (Å²) in [5.74, 6) is 0. The molecular formula is C13H15N3. The normalized spacial score (nSPS) is 12.3.